The number of carbonyl (C=O) groups is 2. The van der Waals surface area contributed by atoms with Crippen molar-refractivity contribution in [1.29, 1.82) is 5.26 Å². The minimum absolute atomic E-state index is 0.148. The highest BCUT2D eigenvalue weighted by Gasteiger charge is 2.18. The van der Waals surface area contributed by atoms with E-state index in [1.54, 1.807) is 12.1 Å². The summed E-state index contributed by atoms with van der Waals surface area (Å²) in [5.41, 5.74) is 4.25. The van der Waals surface area contributed by atoms with Crippen molar-refractivity contribution in [1.82, 2.24) is 15.3 Å². The Kier molecular flexibility index (Phi) is 7.79. The van der Waals surface area contributed by atoms with Gasteiger partial charge in [-0.3, -0.25) is 15.0 Å². The van der Waals surface area contributed by atoms with E-state index in [9.17, 15) is 9.59 Å². The average molecular weight is 383 g/mol. The van der Waals surface area contributed by atoms with Crippen molar-refractivity contribution in [2.75, 3.05) is 12.3 Å². The first-order chi connectivity index (χ1) is 13.1. The van der Waals surface area contributed by atoms with E-state index in [4.69, 9.17) is 11.1 Å². The van der Waals surface area contributed by atoms with Crippen molar-refractivity contribution < 1.29 is 9.59 Å². The van der Waals surface area contributed by atoms with Gasteiger partial charge < -0.3 is 4.90 Å². The summed E-state index contributed by atoms with van der Waals surface area (Å²) in [6.07, 6.45) is 2.41. The van der Waals surface area contributed by atoms with Crippen LogP contribution in [0.5, 0.6) is 0 Å². The van der Waals surface area contributed by atoms with Crippen molar-refractivity contribution in [3.05, 3.63) is 59.4 Å². The van der Waals surface area contributed by atoms with E-state index in [2.05, 4.69) is 11.9 Å². The van der Waals surface area contributed by atoms with E-state index >= 15 is 0 Å². The topological polar surface area (TPSA) is 112 Å². The largest absolute Gasteiger partial charge is 0.328 e. The van der Waals surface area contributed by atoms with E-state index in [0.29, 0.717) is 5.69 Å². The van der Waals surface area contributed by atoms with Crippen molar-refractivity contribution in [2.24, 2.45) is 5.84 Å². The average Bonchev–Trinajstić information content (AvgIpc) is 2.72. The first kappa shape index (κ1) is 20.4. The van der Waals surface area contributed by atoms with Crippen LogP contribution in [0.2, 0.25) is 0 Å². The minimum Gasteiger partial charge on any atom is -0.328 e. The number of thioether (sulfide) groups is 1. The lowest BCUT2D eigenvalue weighted by atomic mass is 10.2. The third-order valence-electron chi connectivity index (χ3n) is 3.87. The second-order valence-electron chi connectivity index (χ2n) is 5.73. The predicted molar refractivity (Wildman–Crippen MR) is 103 cm³/mol. The number of hydrogen-bond donors (Lipinski definition) is 2. The molecule has 0 radical (unpaired) electrons. The molecule has 0 aliphatic carbocycles. The van der Waals surface area contributed by atoms with Gasteiger partial charge in [0.15, 0.2) is 0 Å². The summed E-state index contributed by atoms with van der Waals surface area (Å²) in [6.45, 7) is 2.13. The summed E-state index contributed by atoms with van der Waals surface area (Å²) in [7, 11) is 0. The van der Waals surface area contributed by atoms with Gasteiger partial charge >= 0.3 is 0 Å². The lowest BCUT2D eigenvalue weighted by Crippen LogP contribution is -2.43. The number of hydrazine groups is 1. The summed E-state index contributed by atoms with van der Waals surface area (Å²) in [6, 6.07) is 13.2. The number of pyridine rings is 1. The third-order valence-corrected chi connectivity index (χ3v) is 4.97. The van der Waals surface area contributed by atoms with E-state index in [0.717, 1.165) is 16.9 Å². The number of aromatic nitrogens is 1. The number of nitrogens with zero attached hydrogens (tertiary/aromatic N) is 3. The Morgan fingerprint density at radius 2 is 2.07 bits per heavy atom. The number of rotatable bonds is 8. The summed E-state index contributed by atoms with van der Waals surface area (Å²) in [5.74, 6) is 4.73. The van der Waals surface area contributed by atoms with Gasteiger partial charge in [-0.25, -0.2) is 10.8 Å². The van der Waals surface area contributed by atoms with Crippen LogP contribution in [0.4, 0.5) is 0 Å². The Labute approximate surface area is 162 Å². The molecule has 27 heavy (non-hydrogen) atoms. The quantitative estimate of drug-likeness (QED) is 0.310. The van der Waals surface area contributed by atoms with Gasteiger partial charge in [0.25, 0.3) is 5.91 Å². The monoisotopic (exact) mass is 383 g/mol. The molecule has 2 amide bonds. The second kappa shape index (κ2) is 10.3. The maximum absolute atomic E-state index is 12.7. The Morgan fingerprint density at radius 3 is 2.70 bits per heavy atom. The number of benzene rings is 1. The van der Waals surface area contributed by atoms with E-state index < -0.39 is 5.91 Å². The Bertz CT molecular complexity index is 833. The highest BCUT2D eigenvalue weighted by Crippen LogP contribution is 2.23. The molecule has 0 saturated carbocycles. The summed E-state index contributed by atoms with van der Waals surface area (Å²) in [5, 5.41) is 8.82. The van der Waals surface area contributed by atoms with Crippen LogP contribution in [0.1, 0.15) is 23.7 Å². The molecular formula is C19H21N5O2S. The molecule has 1 heterocycles. The molecular weight excluding hydrogens is 362 g/mol. The zero-order chi connectivity index (χ0) is 19.6. The van der Waals surface area contributed by atoms with Crippen LogP contribution < -0.4 is 11.3 Å². The smallest absolute Gasteiger partial charge is 0.253 e. The molecule has 2 aromatic rings. The molecule has 0 fully saturated rings. The highest BCUT2D eigenvalue weighted by atomic mass is 32.2. The molecule has 3 N–H and O–H groups in total. The van der Waals surface area contributed by atoms with Gasteiger partial charge in [0.2, 0.25) is 5.91 Å². The zero-order valence-corrected chi connectivity index (χ0v) is 15.8. The summed E-state index contributed by atoms with van der Waals surface area (Å²) >= 11 is 1.45. The predicted octanol–water partition coefficient (Wildman–Crippen LogP) is 1.63. The van der Waals surface area contributed by atoms with Gasteiger partial charge in [-0.15, -0.1) is 11.8 Å². The molecule has 1 aromatic heterocycles. The molecule has 0 spiro atoms. The number of nitrogens with one attached hydrogen (secondary N) is 1. The molecule has 0 aliphatic heterocycles. The molecule has 0 saturated heterocycles. The van der Waals surface area contributed by atoms with Gasteiger partial charge in [0.05, 0.1) is 5.75 Å². The Balaban J connectivity index is 2.08. The standard InChI is InChI=1S/C19H21N5O2S/c1-2-15-5-3-4-6-17(15)27-13-19(26)24(12-18(25)23-21)11-14-7-8-16(9-20)22-10-14/h3-8,10H,2,11-13,21H2,1H3,(H,23,25). The first-order valence-electron chi connectivity index (χ1n) is 8.40. The van der Waals surface area contributed by atoms with Gasteiger partial charge in [-0.05, 0) is 29.7 Å². The number of amides is 2. The van der Waals surface area contributed by atoms with Crippen molar-refractivity contribution in [3.63, 3.8) is 0 Å². The normalized spacial score (nSPS) is 10.1. The highest BCUT2D eigenvalue weighted by molar-refractivity contribution is 8.00. The SMILES string of the molecule is CCc1ccccc1SCC(=O)N(CC(=O)NN)Cc1ccc(C#N)nc1. The van der Waals surface area contributed by atoms with Crippen LogP contribution in [-0.2, 0) is 22.6 Å². The van der Waals surface area contributed by atoms with Crippen molar-refractivity contribution >= 4 is 23.6 Å². The molecule has 1 aromatic carbocycles. The van der Waals surface area contributed by atoms with Crippen molar-refractivity contribution in [2.45, 2.75) is 24.8 Å². The molecule has 0 aliphatic rings. The molecule has 0 unspecified atom stereocenters. The summed E-state index contributed by atoms with van der Waals surface area (Å²) in [4.78, 5) is 30.9. The third kappa shape index (κ3) is 6.09. The van der Waals surface area contributed by atoms with E-state index in [-0.39, 0.29) is 24.7 Å². The van der Waals surface area contributed by atoms with Crippen molar-refractivity contribution in [3.8, 4) is 6.07 Å². The van der Waals surface area contributed by atoms with Gasteiger partial charge in [0, 0.05) is 17.6 Å². The van der Waals surface area contributed by atoms with Gasteiger partial charge in [-0.2, -0.15) is 5.26 Å². The van der Waals surface area contributed by atoms with E-state index in [1.165, 1.54) is 28.4 Å². The molecule has 8 heteroatoms. The number of hydrogen-bond acceptors (Lipinski definition) is 6. The molecule has 7 nitrogen and oxygen atoms in total. The van der Waals surface area contributed by atoms with Crippen LogP contribution in [-0.4, -0.2) is 34.0 Å². The van der Waals surface area contributed by atoms with Crippen LogP contribution in [0.15, 0.2) is 47.5 Å². The van der Waals surface area contributed by atoms with E-state index in [1.807, 2.05) is 35.8 Å². The fourth-order valence-corrected chi connectivity index (χ4v) is 3.46. The van der Waals surface area contributed by atoms with Crippen LogP contribution in [0, 0.1) is 11.3 Å². The number of carbonyl (C=O) groups excluding carboxylic acids is 2. The maximum atomic E-state index is 12.7. The Hall–Kier alpha value is -2.89. The second-order valence-corrected chi connectivity index (χ2v) is 6.75. The molecule has 140 valence electrons. The summed E-state index contributed by atoms with van der Waals surface area (Å²) < 4.78 is 0. The minimum atomic E-state index is -0.455. The van der Waals surface area contributed by atoms with Crippen LogP contribution in [0.3, 0.4) is 0 Å². The lowest BCUT2D eigenvalue weighted by Gasteiger charge is -2.22. The molecule has 2 rings (SSSR count). The maximum Gasteiger partial charge on any atom is 0.253 e. The zero-order valence-electron chi connectivity index (χ0n) is 15.0. The number of nitrogens with two attached hydrogens (primary N) is 1. The number of aryl methyl sites for hydroxylation is 1. The van der Waals surface area contributed by atoms with Crippen LogP contribution >= 0.6 is 11.8 Å². The first-order valence-corrected chi connectivity index (χ1v) is 9.38. The van der Waals surface area contributed by atoms with Crippen LogP contribution in [0.25, 0.3) is 0 Å². The lowest BCUT2D eigenvalue weighted by molar-refractivity contribution is -0.134. The van der Waals surface area contributed by atoms with Gasteiger partial charge in [0.1, 0.15) is 18.3 Å². The fourth-order valence-electron chi connectivity index (χ4n) is 2.42. The molecule has 0 bridgehead atoms. The molecule has 0 atom stereocenters. The number of nitriles is 1. The Morgan fingerprint density at radius 1 is 1.30 bits per heavy atom. The van der Waals surface area contributed by atoms with Gasteiger partial charge in [-0.1, -0.05) is 31.2 Å². The fraction of sp³-hybridized carbons (Fsp3) is 0.263.